The number of likely N-dealkylation sites (tertiary alicyclic amines) is 1. The van der Waals surface area contributed by atoms with Gasteiger partial charge in [-0.3, -0.25) is 4.79 Å². The van der Waals surface area contributed by atoms with Crippen LogP contribution >= 0.6 is 0 Å². The van der Waals surface area contributed by atoms with Gasteiger partial charge in [0.25, 0.3) is 0 Å². The van der Waals surface area contributed by atoms with E-state index in [1.54, 1.807) is 12.1 Å². The molecule has 0 saturated carbocycles. The van der Waals surface area contributed by atoms with Crippen molar-refractivity contribution in [2.75, 3.05) is 43.0 Å². The second-order valence-electron chi connectivity index (χ2n) is 9.55. The van der Waals surface area contributed by atoms with Crippen LogP contribution in [-0.2, 0) is 10.2 Å². The van der Waals surface area contributed by atoms with E-state index in [9.17, 15) is 14.3 Å². The molecular weight excluding hydrogens is 405 g/mol. The third-order valence-electron chi connectivity index (χ3n) is 7.96. The highest BCUT2D eigenvalue weighted by Crippen LogP contribution is 2.55. The predicted octanol–water partition coefficient (Wildman–Crippen LogP) is 3.86. The Hall–Kier alpha value is -2.44. The van der Waals surface area contributed by atoms with Gasteiger partial charge in [-0.25, -0.2) is 4.39 Å². The van der Waals surface area contributed by atoms with Gasteiger partial charge >= 0.3 is 0 Å². The molecule has 1 amide bonds. The molecule has 1 saturated heterocycles. The third-order valence-corrected chi connectivity index (χ3v) is 7.96. The van der Waals surface area contributed by atoms with Gasteiger partial charge in [-0.1, -0.05) is 31.2 Å². The van der Waals surface area contributed by atoms with Crippen LogP contribution in [0.2, 0.25) is 0 Å². The summed E-state index contributed by atoms with van der Waals surface area (Å²) >= 11 is 0. The Morgan fingerprint density at radius 2 is 2.00 bits per heavy atom. The summed E-state index contributed by atoms with van der Waals surface area (Å²) < 4.78 is 13.1. The Bertz CT molecular complexity index is 1010. The van der Waals surface area contributed by atoms with Crippen LogP contribution in [0.25, 0.3) is 0 Å². The van der Waals surface area contributed by atoms with Gasteiger partial charge in [0.05, 0.1) is 24.0 Å². The molecule has 0 aliphatic carbocycles. The third kappa shape index (κ3) is 3.32. The van der Waals surface area contributed by atoms with E-state index in [1.807, 2.05) is 11.9 Å². The maximum absolute atomic E-state index is 13.1. The van der Waals surface area contributed by atoms with E-state index < -0.39 is 6.10 Å². The molecule has 5 rings (SSSR count). The molecule has 0 bridgehead atoms. The molecule has 0 aromatic heterocycles. The Morgan fingerprint density at radius 3 is 2.75 bits per heavy atom. The van der Waals surface area contributed by atoms with Gasteiger partial charge < -0.3 is 19.8 Å². The standard InChI is InChI=1S/C26H32FN3O2/c1-3-26-17-29(14-5-8-22(31)18-9-11-19(27)12-10-18)15-13-23(26)30-16-24(32)28(2)21-7-4-6-20(26)25(21)30/h4,6-7,9-12,22-23,31H,3,5,8,13-17H2,1-2H3/t22?,23-,26-/m0/s1. The van der Waals surface area contributed by atoms with Crippen molar-refractivity contribution in [3.8, 4) is 0 Å². The Kier molecular flexibility index (Phi) is 5.46. The van der Waals surface area contributed by atoms with E-state index in [1.165, 1.54) is 23.4 Å². The Balaban J connectivity index is 1.31. The van der Waals surface area contributed by atoms with Gasteiger partial charge in [-0.15, -0.1) is 0 Å². The van der Waals surface area contributed by atoms with Crippen LogP contribution in [0.4, 0.5) is 15.8 Å². The molecule has 1 fully saturated rings. The maximum Gasteiger partial charge on any atom is 0.246 e. The maximum atomic E-state index is 13.1. The monoisotopic (exact) mass is 437 g/mol. The number of amides is 1. The second-order valence-corrected chi connectivity index (χ2v) is 9.55. The molecule has 6 heteroatoms. The minimum atomic E-state index is -0.561. The number of likely N-dealkylation sites (N-methyl/N-ethyl adjacent to an activating group) is 1. The lowest BCUT2D eigenvalue weighted by atomic mass is 9.70. The lowest BCUT2D eigenvalue weighted by molar-refractivity contribution is -0.117. The molecule has 1 N–H and O–H groups in total. The first-order valence-corrected chi connectivity index (χ1v) is 11.8. The molecule has 2 aromatic carbocycles. The molecule has 2 aromatic rings. The highest BCUT2D eigenvalue weighted by Gasteiger charge is 2.55. The van der Waals surface area contributed by atoms with E-state index in [-0.39, 0.29) is 17.1 Å². The summed E-state index contributed by atoms with van der Waals surface area (Å²) in [6, 6.07) is 12.9. The van der Waals surface area contributed by atoms with Crippen molar-refractivity contribution in [3.05, 3.63) is 59.4 Å². The summed E-state index contributed by atoms with van der Waals surface area (Å²) in [6.07, 6.45) is 3.07. The van der Waals surface area contributed by atoms with Crippen LogP contribution in [0.5, 0.6) is 0 Å². The first-order chi connectivity index (χ1) is 15.4. The minimum absolute atomic E-state index is 0.0324. The van der Waals surface area contributed by atoms with Crippen LogP contribution in [0, 0.1) is 5.82 Å². The molecule has 32 heavy (non-hydrogen) atoms. The van der Waals surface area contributed by atoms with Crippen molar-refractivity contribution in [2.24, 2.45) is 0 Å². The molecule has 1 unspecified atom stereocenters. The fourth-order valence-corrected chi connectivity index (χ4v) is 6.21. The number of nitrogens with zero attached hydrogens (tertiary/aromatic N) is 3. The topological polar surface area (TPSA) is 47.0 Å². The van der Waals surface area contributed by atoms with Gasteiger partial charge in [0, 0.05) is 31.6 Å². The number of benzene rings is 2. The number of halogens is 1. The van der Waals surface area contributed by atoms with Crippen molar-refractivity contribution in [3.63, 3.8) is 0 Å². The molecule has 0 spiro atoms. The zero-order valence-corrected chi connectivity index (χ0v) is 18.9. The predicted molar refractivity (Wildman–Crippen MR) is 125 cm³/mol. The van der Waals surface area contributed by atoms with Gasteiger partial charge in [0.15, 0.2) is 0 Å². The van der Waals surface area contributed by atoms with Crippen LogP contribution in [0.15, 0.2) is 42.5 Å². The quantitative estimate of drug-likeness (QED) is 0.746. The number of hydrogen-bond acceptors (Lipinski definition) is 4. The summed E-state index contributed by atoms with van der Waals surface area (Å²) in [7, 11) is 1.88. The first-order valence-electron chi connectivity index (χ1n) is 11.8. The highest BCUT2D eigenvalue weighted by atomic mass is 19.1. The molecule has 0 radical (unpaired) electrons. The van der Waals surface area contributed by atoms with E-state index in [0.717, 1.165) is 50.1 Å². The van der Waals surface area contributed by atoms with Crippen molar-refractivity contribution < 1.29 is 14.3 Å². The number of anilines is 2. The number of aliphatic hydroxyl groups is 1. The number of carbonyl (C=O) groups excluding carboxylic acids is 1. The smallest absolute Gasteiger partial charge is 0.246 e. The summed E-state index contributed by atoms with van der Waals surface area (Å²) in [4.78, 5) is 19.4. The fraction of sp³-hybridized carbons (Fsp3) is 0.500. The summed E-state index contributed by atoms with van der Waals surface area (Å²) in [5, 5.41) is 10.5. The largest absolute Gasteiger partial charge is 0.388 e. The summed E-state index contributed by atoms with van der Waals surface area (Å²) in [5.41, 5.74) is 4.49. The number of aliphatic hydroxyl groups excluding tert-OH is 1. The van der Waals surface area contributed by atoms with Gasteiger partial charge in [-0.05, 0) is 61.6 Å². The molecule has 5 nitrogen and oxygen atoms in total. The lowest BCUT2D eigenvalue weighted by Crippen LogP contribution is -2.58. The molecule has 3 atom stereocenters. The minimum Gasteiger partial charge on any atom is -0.388 e. The number of carbonyl (C=O) groups is 1. The highest BCUT2D eigenvalue weighted by molar-refractivity contribution is 6.04. The van der Waals surface area contributed by atoms with Crippen LogP contribution in [0.1, 0.15) is 49.8 Å². The van der Waals surface area contributed by atoms with Crippen LogP contribution in [0.3, 0.4) is 0 Å². The molecule has 170 valence electrons. The Morgan fingerprint density at radius 1 is 1.22 bits per heavy atom. The van der Waals surface area contributed by atoms with Crippen LogP contribution in [-0.4, -0.2) is 55.2 Å². The van der Waals surface area contributed by atoms with E-state index in [2.05, 4.69) is 34.9 Å². The molecule has 3 aliphatic heterocycles. The normalized spacial score (nSPS) is 25.6. The van der Waals surface area contributed by atoms with Gasteiger partial charge in [0.1, 0.15) is 5.82 Å². The van der Waals surface area contributed by atoms with E-state index in [4.69, 9.17) is 0 Å². The van der Waals surface area contributed by atoms with Crippen molar-refractivity contribution in [2.45, 2.75) is 50.2 Å². The Labute approximate surface area is 189 Å². The number of fused-ring (bicyclic) bond motifs is 3. The molecule has 3 aliphatic rings. The SMILES string of the molecule is CC[C@@]12CN(CCCC(O)c3ccc(F)cc3)CC[C@@H]1N1CC(=O)N(C)c3cccc2c31. The molecule has 3 heterocycles. The zero-order valence-electron chi connectivity index (χ0n) is 18.9. The van der Waals surface area contributed by atoms with Crippen molar-refractivity contribution >= 4 is 17.3 Å². The van der Waals surface area contributed by atoms with Crippen molar-refractivity contribution in [1.82, 2.24) is 4.90 Å². The van der Waals surface area contributed by atoms with E-state index >= 15 is 0 Å². The van der Waals surface area contributed by atoms with E-state index in [0.29, 0.717) is 19.0 Å². The zero-order chi connectivity index (χ0) is 22.5. The summed E-state index contributed by atoms with van der Waals surface area (Å²) in [6.45, 7) is 5.66. The average Bonchev–Trinajstić information content (AvgIpc) is 3.08. The number of para-hydroxylation sites is 1. The fourth-order valence-electron chi connectivity index (χ4n) is 6.21. The second kappa shape index (κ2) is 8.16. The van der Waals surface area contributed by atoms with Crippen LogP contribution < -0.4 is 9.80 Å². The number of rotatable bonds is 6. The number of hydrogen-bond donors (Lipinski definition) is 1. The van der Waals surface area contributed by atoms with Crippen molar-refractivity contribution in [1.29, 1.82) is 0 Å². The molecular formula is C26H32FN3O2. The summed E-state index contributed by atoms with van der Waals surface area (Å²) in [5.74, 6) is -0.113. The lowest BCUT2D eigenvalue weighted by Gasteiger charge is -2.47. The average molecular weight is 438 g/mol. The number of piperidine rings is 1. The van der Waals surface area contributed by atoms with Gasteiger partial charge in [-0.2, -0.15) is 0 Å². The first kappa shape index (κ1) is 21.4. The van der Waals surface area contributed by atoms with Gasteiger partial charge in [0.2, 0.25) is 5.91 Å².